The highest BCUT2D eigenvalue weighted by molar-refractivity contribution is 9.10. The Hall–Kier alpha value is -2.55. The van der Waals surface area contributed by atoms with Gasteiger partial charge in [0.2, 0.25) is 11.8 Å². The van der Waals surface area contributed by atoms with Gasteiger partial charge < -0.3 is 24.8 Å². The highest BCUT2D eigenvalue weighted by atomic mass is 79.9. The van der Waals surface area contributed by atoms with Gasteiger partial charge in [-0.2, -0.15) is 0 Å². The second-order valence-electron chi connectivity index (χ2n) is 4.87. The highest BCUT2D eigenvalue weighted by Crippen LogP contribution is 2.13. The average molecular weight is 398 g/mol. The van der Waals surface area contributed by atoms with E-state index in [1.54, 1.807) is 25.1 Å². The lowest BCUT2D eigenvalue weighted by atomic mass is 10.3. The molecule has 0 aromatic carbocycles. The van der Waals surface area contributed by atoms with E-state index in [-0.39, 0.29) is 24.8 Å². The summed E-state index contributed by atoms with van der Waals surface area (Å²) in [4.78, 5) is 35.3. The first kappa shape index (κ1) is 17.8. The molecule has 0 saturated heterocycles. The lowest BCUT2D eigenvalue weighted by molar-refractivity contribution is -0.128. The molecule has 0 aliphatic carbocycles. The van der Waals surface area contributed by atoms with Crippen LogP contribution in [0.2, 0.25) is 0 Å². The van der Waals surface area contributed by atoms with Gasteiger partial charge in [0.15, 0.2) is 10.4 Å². The number of halogens is 1. The lowest BCUT2D eigenvalue weighted by Crippen LogP contribution is -2.47. The van der Waals surface area contributed by atoms with E-state index in [0.717, 1.165) is 0 Å². The minimum absolute atomic E-state index is 0.0823. The molecule has 3 amide bonds. The second kappa shape index (κ2) is 8.34. The first-order chi connectivity index (χ1) is 11.5. The molecule has 8 nitrogen and oxygen atoms in total. The normalized spacial score (nSPS) is 11.6. The summed E-state index contributed by atoms with van der Waals surface area (Å²) in [7, 11) is 0. The van der Waals surface area contributed by atoms with Crippen LogP contribution in [-0.2, 0) is 16.1 Å². The first-order valence-electron chi connectivity index (χ1n) is 7.08. The molecule has 3 N–H and O–H groups in total. The topological polar surface area (TPSA) is 114 Å². The van der Waals surface area contributed by atoms with Crippen LogP contribution in [0.5, 0.6) is 0 Å². The standard InChI is InChI=1S/C15H16BrN3O5/c1-9(14(21)17-7-10-3-2-6-23-10)19-13(20)8-18-15(22)11-4-5-12(16)24-11/h2-6,9H,7-8H2,1H3,(H,17,21)(H,18,22)(H,19,20). The Morgan fingerprint density at radius 2 is 2.00 bits per heavy atom. The highest BCUT2D eigenvalue weighted by Gasteiger charge is 2.17. The second-order valence-corrected chi connectivity index (χ2v) is 5.65. The van der Waals surface area contributed by atoms with Gasteiger partial charge in [-0.05, 0) is 47.1 Å². The summed E-state index contributed by atoms with van der Waals surface area (Å²) in [6.07, 6.45) is 1.51. The van der Waals surface area contributed by atoms with Crippen molar-refractivity contribution in [2.45, 2.75) is 19.5 Å². The monoisotopic (exact) mass is 397 g/mol. The van der Waals surface area contributed by atoms with E-state index in [4.69, 9.17) is 8.83 Å². The van der Waals surface area contributed by atoms with Crippen LogP contribution < -0.4 is 16.0 Å². The molecule has 0 fully saturated rings. The van der Waals surface area contributed by atoms with Crippen LogP contribution >= 0.6 is 15.9 Å². The average Bonchev–Trinajstić information content (AvgIpc) is 3.21. The zero-order chi connectivity index (χ0) is 17.5. The molecule has 0 spiro atoms. The van der Waals surface area contributed by atoms with Gasteiger partial charge in [-0.15, -0.1) is 0 Å². The molecule has 24 heavy (non-hydrogen) atoms. The van der Waals surface area contributed by atoms with Crippen molar-refractivity contribution in [3.05, 3.63) is 46.7 Å². The van der Waals surface area contributed by atoms with Gasteiger partial charge in [-0.3, -0.25) is 14.4 Å². The van der Waals surface area contributed by atoms with E-state index in [9.17, 15) is 14.4 Å². The number of hydrogen-bond acceptors (Lipinski definition) is 5. The number of carbonyl (C=O) groups excluding carboxylic acids is 3. The van der Waals surface area contributed by atoms with E-state index in [0.29, 0.717) is 10.4 Å². The van der Waals surface area contributed by atoms with Crippen LogP contribution in [0.25, 0.3) is 0 Å². The van der Waals surface area contributed by atoms with Crippen LogP contribution in [0, 0.1) is 0 Å². The molecule has 1 atom stereocenters. The molecule has 2 rings (SSSR count). The van der Waals surface area contributed by atoms with Crippen LogP contribution in [0.1, 0.15) is 23.2 Å². The fourth-order valence-corrected chi connectivity index (χ4v) is 2.09. The summed E-state index contributed by atoms with van der Waals surface area (Å²) in [6, 6.07) is 5.74. The molecule has 0 saturated carbocycles. The largest absolute Gasteiger partial charge is 0.467 e. The third kappa shape index (κ3) is 5.27. The molecule has 2 aromatic heterocycles. The van der Waals surface area contributed by atoms with Crippen molar-refractivity contribution in [1.29, 1.82) is 0 Å². The molecule has 0 aliphatic rings. The summed E-state index contributed by atoms with van der Waals surface area (Å²) in [5.41, 5.74) is 0. The lowest BCUT2D eigenvalue weighted by Gasteiger charge is -2.13. The van der Waals surface area contributed by atoms with Crippen molar-refractivity contribution >= 4 is 33.7 Å². The maximum atomic E-state index is 11.9. The van der Waals surface area contributed by atoms with Crippen molar-refractivity contribution in [3.8, 4) is 0 Å². The summed E-state index contributed by atoms with van der Waals surface area (Å²) in [5, 5.41) is 7.51. The van der Waals surface area contributed by atoms with E-state index < -0.39 is 17.9 Å². The third-order valence-corrected chi connectivity index (χ3v) is 3.42. The van der Waals surface area contributed by atoms with Gasteiger partial charge >= 0.3 is 0 Å². The van der Waals surface area contributed by atoms with Crippen LogP contribution in [0.15, 0.2) is 44.0 Å². The fourth-order valence-electron chi connectivity index (χ4n) is 1.78. The quantitative estimate of drug-likeness (QED) is 0.649. The Morgan fingerprint density at radius 1 is 1.21 bits per heavy atom. The molecule has 128 valence electrons. The van der Waals surface area contributed by atoms with E-state index in [1.807, 2.05) is 0 Å². The van der Waals surface area contributed by atoms with Gasteiger partial charge in [0.05, 0.1) is 19.4 Å². The molecule has 2 aromatic rings. The molecule has 0 bridgehead atoms. The molecule has 2 heterocycles. The number of hydrogen-bond donors (Lipinski definition) is 3. The Bertz CT molecular complexity index is 711. The first-order valence-corrected chi connectivity index (χ1v) is 7.88. The Labute approximate surface area is 146 Å². The minimum Gasteiger partial charge on any atom is -0.467 e. The van der Waals surface area contributed by atoms with Crippen LogP contribution in [0.3, 0.4) is 0 Å². The summed E-state index contributed by atoms with van der Waals surface area (Å²) >= 11 is 3.08. The summed E-state index contributed by atoms with van der Waals surface area (Å²) in [5.74, 6) is -0.681. The third-order valence-electron chi connectivity index (χ3n) is 2.99. The van der Waals surface area contributed by atoms with Gasteiger partial charge in [0, 0.05) is 0 Å². The number of rotatable bonds is 7. The smallest absolute Gasteiger partial charge is 0.287 e. The Morgan fingerprint density at radius 3 is 2.62 bits per heavy atom. The number of carbonyl (C=O) groups is 3. The predicted molar refractivity (Wildman–Crippen MR) is 86.9 cm³/mol. The Kier molecular flexibility index (Phi) is 6.19. The molecule has 0 radical (unpaired) electrons. The van der Waals surface area contributed by atoms with Crippen molar-refractivity contribution in [3.63, 3.8) is 0 Å². The number of amides is 3. The molecular weight excluding hydrogens is 382 g/mol. The zero-order valence-corrected chi connectivity index (χ0v) is 14.4. The van der Waals surface area contributed by atoms with E-state index in [2.05, 4.69) is 31.9 Å². The van der Waals surface area contributed by atoms with Crippen LogP contribution in [0.4, 0.5) is 0 Å². The van der Waals surface area contributed by atoms with Gasteiger partial charge in [-0.1, -0.05) is 0 Å². The van der Waals surface area contributed by atoms with Crippen molar-refractivity contribution in [2.24, 2.45) is 0 Å². The maximum absolute atomic E-state index is 11.9. The predicted octanol–water partition coefficient (Wildman–Crippen LogP) is 1.19. The number of furan rings is 2. The molecular formula is C15H16BrN3O5. The van der Waals surface area contributed by atoms with Gasteiger partial charge in [-0.25, -0.2) is 0 Å². The van der Waals surface area contributed by atoms with Crippen LogP contribution in [-0.4, -0.2) is 30.3 Å². The summed E-state index contributed by atoms with van der Waals surface area (Å²) < 4.78 is 10.6. The minimum atomic E-state index is -0.748. The molecule has 9 heteroatoms. The Balaban J connectivity index is 1.70. The molecule has 1 unspecified atom stereocenters. The van der Waals surface area contributed by atoms with Crippen molar-refractivity contribution in [2.75, 3.05) is 6.54 Å². The van der Waals surface area contributed by atoms with Gasteiger partial charge in [0.25, 0.3) is 5.91 Å². The van der Waals surface area contributed by atoms with E-state index >= 15 is 0 Å². The van der Waals surface area contributed by atoms with Crippen molar-refractivity contribution in [1.82, 2.24) is 16.0 Å². The van der Waals surface area contributed by atoms with E-state index in [1.165, 1.54) is 12.3 Å². The number of nitrogens with one attached hydrogen (secondary N) is 3. The fraction of sp³-hybridized carbons (Fsp3) is 0.267. The summed E-state index contributed by atoms with van der Waals surface area (Å²) in [6.45, 7) is 1.50. The SMILES string of the molecule is CC(NC(=O)CNC(=O)c1ccc(Br)o1)C(=O)NCc1ccco1. The molecule has 0 aliphatic heterocycles. The van der Waals surface area contributed by atoms with Gasteiger partial charge in [0.1, 0.15) is 11.8 Å². The van der Waals surface area contributed by atoms with Crippen molar-refractivity contribution < 1.29 is 23.2 Å². The zero-order valence-electron chi connectivity index (χ0n) is 12.8. The maximum Gasteiger partial charge on any atom is 0.287 e.